The Kier molecular flexibility index (Phi) is 5.83. The Bertz CT molecular complexity index is 339. The summed E-state index contributed by atoms with van der Waals surface area (Å²) in [6.07, 6.45) is 6.85. The quantitative estimate of drug-likeness (QED) is 0.773. The van der Waals surface area contributed by atoms with Crippen molar-refractivity contribution < 1.29 is 19.4 Å². The molecule has 5 heteroatoms. The zero-order chi connectivity index (χ0) is 14.4. The molecule has 0 aromatic heterocycles. The summed E-state index contributed by atoms with van der Waals surface area (Å²) < 4.78 is 5.29. The molecule has 0 aromatic rings. The summed E-state index contributed by atoms with van der Waals surface area (Å²) in [5.74, 6) is -0.799. The molecule has 1 amide bonds. The maximum Gasteiger partial charge on any atom is 0.308 e. The van der Waals surface area contributed by atoms with Crippen molar-refractivity contribution in [3.8, 4) is 0 Å². The van der Waals surface area contributed by atoms with Crippen LogP contribution in [0.5, 0.6) is 0 Å². The number of carbonyl (C=O) groups excluding carboxylic acids is 1. The molecule has 2 atom stereocenters. The average molecular weight is 283 g/mol. The fourth-order valence-electron chi connectivity index (χ4n) is 3.25. The molecule has 1 aliphatic carbocycles. The number of nitrogens with one attached hydrogen (secondary N) is 1. The Balaban J connectivity index is 1.85. The lowest BCUT2D eigenvalue weighted by Gasteiger charge is -2.25. The number of hydrogen-bond acceptors (Lipinski definition) is 3. The highest BCUT2D eigenvalue weighted by Crippen LogP contribution is 2.25. The van der Waals surface area contributed by atoms with E-state index in [0.29, 0.717) is 18.8 Å². The van der Waals surface area contributed by atoms with Gasteiger partial charge in [0.05, 0.1) is 5.92 Å². The molecule has 2 fully saturated rings. The molecule has 0 radical (unpaired) electrons. The minimum atomic E-state index is -0.775. The molecule has 2 rings (SSSR count). The van der Waals surface area contributed by atoms with Gasteiger partial charge < -0.3 is 15.2 Å². The summed E-state index contributed by atoms with van der Waals surface area (Å²) >= 11 is 0. The molecule has 2 aliphatic rings. The van der Waals surface area contributed by atoms with Crippen molar-refractivity contribution in [1.29, 1.82) is 0 Å². The summed E-state index contributed by atoms with van der Waals surface area (Å²) in [6, 6.07) is -0.192. The van der Waals surface area contributed by atoms with Gasteiger partial charge in [-0.05, 0) is 31.6 Å². The minimum absolute atomic E-state index is 0.00931. The lowest BCUT2D eigenvalue weighted by Crippen LogP contribution is -2.43. The summed E-state index contributed by atoms with van der Waals surface area (Å²) in [6.45, 7) is 1.47. The fraction of sp³-hybridized carbons (Fsp3) is 0.867. The highest BCUT2D eigenvalue weighted by molar-refractivity contribution is 5.78. The van der Waals surface area contributed by atoms with E-state index in [1.807, 2.05) is 0 Å². The molecule has 1 saturated carbocycles. The molecule has 1 aliphatic heterocycles. The highest BCUT2D eigenvalue weighted by Gasteiger charge is 2.31. The third-order valence-electron chi connectivity index (χ3n) is 4.49. The van der Waals surface area contributed by atoms with E-state index in [2.05, 4.69) is 5.32 Å². The number of carboxylic acids is 1. The molecular weight excluding hydrogens is 258 g/mol. The van der Waals surface area contributed by atoms with E-state index in [9.17, 15) is 14.7 Å². The second-order valence-electron chi connectivity index (χ2n) is 6.02. The van der Waals surface area contributed by atoms with Crippen LogP contribution >= 0.6 is 0 Å². The number of rotatable bonds is 4. The highest BCUT2D eigenvalue weighted by atomic mass is 16.5. The molecule has 0 bridgehead atoms. The first-order valence-corrected chi connectivity index (χ1v) is 7.76. The monoisotopic (exact) mass is 283 g/mol. The molecule has 5 nitrogen and oxygen atoms in total. The zero-order valence-corrected chi connectivity index (χ0v) is 12.0. The van der Waals surface area contributed by atoms with E-state index in [-0.39, 0.29) is 11.9 Å². The molecule has 0 aromatic carbocycles. The van der Waals surface area contributed by atoms with E-state index in [0.717, 1.165) is 51.7 Å². The van der Waals surface area contributed by atoms with Crippen molar-refractivity contribution in [3.05, 3.63) is 0 Å². The Hall–Kier alpha value is -1.10. The number of carboxylic acid groups (broad SMARTS) is 1. The topological polar surface area (TPSA) is 75.6 Å². The van der Waals surface area contributed by atoms with Gasteiger partial charge in [-0.15, -0.1) is 0 Å². The Morgan fingerprint density at radius 1 is 1.05 bits per heavy atom. The first-order chi connectivity index (χ1) is 9.66. The van der Waals surface area contributed by atoms with Crippen LogP contribution in [0.2, 0.25) is 0 Å². The summed E-state index contributed by atoms with van der Waals surface area (Å²) in [5, 5.41) is 12.3. The molecule has 114 valence electrons. The smallest absolute Gasteiger partial charge is 0.308 e. The van der Waals surface area contributed by atoms with Crippen LogP contribution in [0.3, 0.4) is 0 Å². The molecule has 1 saturated heterocycles. The van der Waals surface area contributed by atoms with Gasteiger partial charge in [-0.3, -0.25) is 9.59 Å². The number of amides is 1. The van der Waals surface area contributed by atoms with Crippen LogP contribution < -0.4 is 5.32 Å². The number of aliphatic carboxylic acids is 1. The largest absolute Gasteiger partial charge is 0.481 e. The maximum atomic E-state index is 12.1. The van der Waals surface area contributed by atoms with Crippen molar-refractivity contribution in [2.24, 2.45) is 11.8 Å². The minimum Gasteiger partial charge on any atom is -0.481 e. The third-order valence-corrected chi connectivity index (χ3v) is 4.49. The Morgan fingerprint density at radius 2 is 1.75 bits per heavy atom. The van der Waals surface area contributed by atoms with E-state index in [1.54, 1.807) is 0 Å². The van der Waals surface area contributed by atoms with Gasteiger partial charge in [0.1, 0.15) is 0 Å². The van der Waals surface area contributed by atoms with E-state index in [4.69, 9.17) is 4.74 Å². The van der Waals surface area contributed by atoms with Crippen molar-refractivity contribution in [3.63, 3.8) is 0 Å². The first-order valence-electron chi connectivity index (χ1n) is 7.76. The third kappa shape index (κ3) is 4.47. The van der Waals surface area contributed by atoms with E-state index >= 15 is 0 Å². The van der Waals surface area contributed by atoms with Crippen molar-refractivity contribution in [2.75, 3.05) is 13.2 Å². The lowest BCUT2D eigenvalue weighted by atomic mass is 9.93. The fourth-order valence-corrected chi connectivity index (χ4v) is 3.25. The second-order valence-corrected chi connectivity index (χ2v) is 6.02. The van der Waals surface area contributed by atoms with Crippen LogP contribution in [-0.2, 0) is 14.3 Å². The van der Waals surface area contributed by atoms with Crippen LogP contribution in [0, 0.1) is 11.8 Å². The summed E-state index contributed by atoms with van der Waals surface area (Å²) in [4.78, 5) is 23.4. The predicted octanol–water partition coefficient (Wildman–Crippen LogP) is 1.95. The predicted molar refractivity (Wildman–Crippen MR) is 74.3 cm³/mol. The SMILES string of the molecule is O=C(CC1CCOCC1)N[C@H]1CCCCC[C@H]1C(=O)O. The maximum absolute atomic E-state index is 12.1. The summed E-state index contributed by atoms with van der Waals surface area (Å²) in [5.41, 5.74) is 0. The van der Waals surface area contributed by atoms with Crippen LogP contribution in [-0.4, -0.2) is 36.2 Å². The molecule has 2 N–H and O–H groups in total. The lowest BCUT2D eigenvalue weighted by molar-refractivity contribution is -0.143. The van der Waals surface area contributed by atoms with Gasteiger partial charge in [-0.1, -0.05) is 19.3 Å². The van der Waals surface area contributed by atoms with Gasteiger partial charge >= 0.3 is 5.97 Å². The number of carbonyl (C=O) groups is 2. The van der Waals surface area contributed by atoms with Gasteiger partial charge in [0.2, 0.25) is 5.91 Å². The van der Waals surface area contributed by atoms with Gasteiger partial charge in [0.15, 0.2) is 0 Å². The molecule has 0 unspecified atom stereocenters. The average Bonchev–Trinajstić information content (AvgIpc) is 2.65. The van der Waals surface area contributed by atoms with Crippen molar-refractivity contribution in [1.82, 2.24) is 5.32 Å². The zero-order valence-electron chi connectivity index (χ0n) is 12.0. The van der Waals surface area contributed by atoms with E-state index in [1.165, 1.54) is 0 Å². The van der Waals surface area contributed by atoms with Crippen LogP contribution in [0.25, 0.3) is 0 Å². The Labute approximate surface area is 120 Å². The van der Waals surface area contributed by atoms with Gasteiger partial charge in [0, 0.05) is 25.7 Å². The van der Waals surface area contributed by atoms with Crippen molar-refractivity contribution in [2.45, 2.75) is 57.4 Å². The molecule has 20 heavy (non-hydrogen) atoms. The van der Waals surface area contributed by atoms with Gasteiger partial charge in [-0.25, -0.2) is 0 Å². The molecule has 1 heterocycles. The van der Waals surface area contributed by atoms with Gasteiger partial charge in [0.25, 0.3) is 0 Å². The molecule has 0 spiro atoms. The van der Waals surface area contributed by atoms with Crippen LogP contribution in [0.15, 0.2) is 0 Å². The number of ether oxygens (including phenoxy) is 1. The van der Waals surface area contributed by atoms with Gasteiger partial charge in [-0.2, -0.15) is 0 Å². The second kappa shape index (κ2) is 7.62. The van der Waals surface area contributed by atoms with Crippen molar-refractivity contribution >= 4 is 11.9 Å². The standard InChI is InChI=1S/C15H25NO4/c17-14(10-11-6-8-20-9-7-11)16-13-5-3-1-2-4-12(13)15(18)19/h11-13H,1-10H2,(H,16,17)(H,18,19)/t12-,13+/m1/s1. The number of hydrogen-bond donors (Lipinski definition) is 2. The molecular formula is C15H25NO4. The van der Waals surface area contributed by atoms with E-state index < -0.39 is 11.9 Å². The normalized spacial score (nSPS) is 28.6. The van der Waals surface area contributed by atoms with Crippen LogP contribution in [0.4, 0.5) is 0 Å². The van der Waals surface area contributed by atoms with Crippen LogP contribution in [0.1, 0.15) is 51.4 Å². The Morgan fingerprint density at radius 3 is 2.45 bits per heavy atom. The first kappa shape index (κ1) is 15.3. The summed E-state index contributed by atoms with van der Waals surface area (Å²) in [7, 11) is 0.